The SMILES string of the molecule is N[C@@H]1C2CC3C[C@H]1C[C@@](NC(=O)OCc1ccccc1)(C3)C2. The molecule has 4 aliphatic carbocycles. The number of carbonyl (C=O) groups is 1. The van der Waals surface area contributed by atoms with Crippen molar-refractivity contribution in [3.05, 3.63) is 35.9 Å². The van der Waals surface area contributed by atoms with Crippen molar-refractivity contribution in [3.8, 4) is 0 Å². The molecule has 5 atom stereocenters. The summed E-state index contributed by atoms with van der Waals surface area (Å²) in [4.78, 5) is 12.2. The molecule has 5 rings (SSSR count). The number of nitrogens with two attached hydrogens (primary N) is 1. The maximum absolute atomic E-state index is 12.2. The van der Waals surface area contributed by atoms with Crippen molar-refractivity contribution in [2.24, 2.45) is 23.5 Å². The quantitative estimate of drug-likeness (QED) is 0.902. The minimum absolute atomic E-state index is 0.0554. The molecule has 4 nitrogen and oxygen atoms in total. The summed E-state index contributed by atoms with van der Waals surface area (Å²) in [6.45, 7) is 0.332. The van der Waals surface area contributed by atoms with Gasteiger partial charge in [0, 0.05) is 11.6 Å². The van der Waals surface area contributed by atoms with Crippen molar-refractivity contribution in [2.45, 2.75) is 50.3 Å². The highest BCUT2D eigenvalue weighted by Gasteiger charge is 2.55. The third-order valence-corrected chi connectivity index (χ3v) is 5.93. The summed E-state index contributed by atoms with van der Waals surface area (Å²) in [5.74, 6) is 1.91. The first-order valence-corrected chi connectivity index (χ1v) is 8.38. The Balaban J connectivity index is 1.38. The summed E-state index contributed by atoms with van der Waals surface area (Å²) in [5.41, 5.74) is 7.31. The van der Waals surface area contributed by atoms with E-state index in [4.69, 9.17) is 10.5 Å². The average molecular weight is 300 g/mol. The van der Waals surface area contributed by atoms with Crippen molar-refractivity contribution in [1.29, 1.82) is 0 Å². The van der Waals surface area contributed by atoms with Crippen LogP contribution >= 0.6 is 0 Å². The molecular formula is C18H24N2O2. The van der Waals surface area contributed by atoms with Gasteiger partial charge in [0.15, 0.2) is 0 Å². The lowest BCUT2D eigenvalue weighted by molar-refractivity contribution is -0.0347. The number of alkyl carbamates (subject to hydrolysis) is 1. The monoisotopic (exact) mass is 300 g/mol. The number of hydrogen-bond acceptors (Lipinski definition) is 3. The standard InChI is InChI=1S/C18H24N2O2/c19-16-14-6-13-7-15(16)10-18(8-13,9-14)20-17(21)22-11-12-4-2-1-3-5-12/h1-5,13-16H,6-11,19H2,(H,20,21)/t13?,14-,15?,16-,18-/m0/s1. The van der Waals surface area contributed by atoms with E-state index in [0.29, 0.717) is 24.5 Å². The molecule has 1 amide bonds. The van der Waals surface area contributed by atoms with E-state index < -0.39 is 0 Å². The van der Waals surface area contributed by atoms with E-state index in [1.165, 1.54) is 12.8 Å². The van der Waals surface area contributed by atoms with Crippen LogP contribution in [0.15, 0.2) is 30.3 Å². The first-order valence-electron chi connectivity index (χ1n) is 8.38. The molecule has 0 heterocycles. The Kier molecular flexibility index (Phi) is 3.37. The minimum Gasteiger partial charge on any atom is -0.445 e. The number of rotatable bonds is 3. The van der Waals surface area contributed by atoms with Gasteiger partial charge in [-0.15, -0.1) is 0 Å². The fourth-order valence-electron chi connectivity index (χ4n) is 5.19. The first-order chi connectivity index (χ1) is 10.6. The van der Waals surface area contributed by atoms with Crippen LogP contribution in [0.1, 0.15) is 37.7 Å². The van der Waals surface area contributed by atoms with Gasteiger partial charge in [0.25, 0.3) is 0 Å². The molecular weight excluding hydrogens is 276 g/mol. The highest BCUT2D eigenvalue weighted by atomic mass is 16.5. The van der Waals surface area contributed by atoms with Crippen molar-refractivity contribution in [3.63, 3.8) is 0 Å². The smallest absolute Gasteiger partial charge is 0.407 e. The molecule has 22 heavy (non-hydrogen) atoms. The minimum atomic E-state index is -0.278. The number of carbonyl (C=O) groups excluding carboxylic acids is 1. The van der Waals surface area contributed by atoms with E-state index in [1.54, 1.807) is 0 Å². The van der Waals surface area contributed by atoms with Crippen molar-refractivity contribution >= 4 is 6.09 Å². The maximum Gasteiger partial charge on any atom is 0.407 e. The fraction of sp³-hybridized carbons (Fsp3) is 0.611. The summed E-state index contributed by atoms with van der Waals surface area (Å²) < 4.78 is 5.41. The number of hydrogen-bond donors (Lipinski definition) is 2. The summed E-state index contributed by atoms with van der Waals surface area (Å²) in [7, 11) is 0. The van der Waals surface area contributed by atoms with E-state index in [9.17, 15) is 4.79 Å². The molecule has 0 radical (unpaired) electrons. The molecule has 1 aromatic carbocycles. The molecule has 2 unspecified atom stereocenters. The van der Waals surface area contributed by atoms with Crippen molar-refractivity contribution in [1.82, 2.24) is 5.32 Å². The highest BCUT2D eigenvalue weighted by molar-refractivity contribution is 5.68. The lowest BCUT2D eigenvalue weighted by Gasteiger charge is -2.59. The van der Waals surface area contributed by atoms with Gasteiger partial charge in [-0.1, -0.05) is 30.3 Å². The van der Waals surface area contributed by atoms with Crippen molar-refractivity contribution in [2.75, 3.05) is 0 Å². The molecule has 4 aliphatic rings. The van der Waals surface area contributed by atoms with Gasteiger partial charge in [0.1, 0.15) is 6.61 Å². The lowest BCUT2D eigenvalue weighted by Crippen LogP contribution is -2.65. The van der Waals surface area contributed by atoms with Gasteiger partial charge in [-0.05, 0) is 55.4 Å². The molecule has 4 saturated carbocycles. The third kappa shape index (κ3) is 2.50. The van der Waals surface area contributed by atoms with Crippen LogP contribution in [-0.4, -0.2) is 17.7 Å². The van der Waals surface area contributed by atoms with Crippen LogP contribution in [0.25, 0.3) is 0 Å². The second-order valence-corrected chi connectivity index (χ2v) is 7.51. The normalized spacial score (nSPS) is 38.8. The lowest BCUT2D eigenvalue weighted by atomic mass is 9.51. The second kappa shape index (κ2) is 5.27. The molecule has 0 aliphatic heterocycles. The Morgan fingerprint density at radius 2 is 1.86 bits per heavy atom. The Labute approximate surface area is 131 Å². The van der Waals surface area contributed by atoms with Crippen LogP contribution in [0.2, 0.25) is 0 Å². The molecule has 4 heteroatoms. The molecule has 1 aromatic rings. The summed E-state index contributed by atoms with van der Waals surface area (Å²) in [5, 5.41) is 3.20. The molecule has 118 valence electrons. The zero-order valence-corrected chi connectivity index (χ0v) is 12.8. The topological polar surface area (TPSA) is 64.3 Å². The van der Waals surface area contributed by atoms with E-state index in [-0.39, 0.29) is 11.6 Å². The molecule has 0 aromatic heterocycles. The van der Waals surface area contributed by atoms with E-state index >= 15 is 0 Å². The maximum atomic E-state index is 12.2. The molecule has 0 spiro atoms. The van der Waals surface area contributed by atoms with Crippen LogP contribution < -0.4 is 11.1 Å². The van der Waals surface area contributed by atoms with Gasteiger partial charge >= 0.3 is 6.09 Å². The van der Waals surface area contributed by atoms with Crippen LogP contribution in [0.5, 0.6) is 0 Å². The van der Waals surface area contributed by atoms with Gasteiger partial charge in [0.05, 0.1) is 0 Å². The number of benzene rings is 1. The molecule has 0 saturated heterocycles. The predicted molar refractivity (Wildman–Crippen MR) is 84.0 cm³/mol. The number of nitrogens with one attached hydrogen (secondary N) is 1. The average Bonchev–Trinajstić information content (AvgIpc) is 2.50. The Morgan fingerprint density at radius 1 is 1.18 bits per heavy atom. The predicted octanol–water partition coefficient (Wildman–Crippen LogP) is 2.82. The largest absolute Gasteiger partial charge is 0.445 e. The fourth-order valence-corrected chi connectivity index (χ4v) is 5.19. The Bertz CT molecular complexity index is 543. The van der Waals surface area contributed by atoms with Gasteiger partial charge < -0.3 is 15.8 Å². The second-order valence-electron chi connectivity index (χ2n) is 7.51. The van der Waals surface area contributed by atoms with E-state index in [1.807, 2.05) is 30.3 Å². The summed E-state index contributed by atoms with van der Waals surface area (Å²) >= 11 is 0. The van der Waals surface area contributed by atoms with Crippen LogP contribution in [-0.2, 0) is 11.3 Å². The molecule has 4 bridgehead atoms. The van der Waals surface area contributed by atoms with E-state index in [2.05, 4.69) is 5.32 Å². The highest BCUT2D eigenvalue weighted by Crippen LogP contribution is 2.55. The third-order valence-electron chi connectivity index (χ3n) is 5.93. The Morgan fingerprint density at radius 3 is 2.55 bits per heavy atom. The van der Waals surface area contributed by atoms with Gasteiger partial charge in [-0.2, -0.15) is 0 Å². The van der Waals surface area contributed by atoms with Gasteiger partial charge in [0.2, 0.25) is 0 Å². The number of ether oxygens (including phenoxy) is 1. The van der Waals surface area contributed by atoms with Gasteiger partial charge in [-0.25, -0.2) is 4.79 Å². The van der Waals surface area contributed by atoms with Crippen LogP contribution in [0, 0.1) is 17.8 Å². The summed E-state index contributed by atoms with van der Waals surface area (Å²) in [6.07, 6.45) is 5.39. The first kappa shape index (κ1) is 14.1. The van der Waals surface area contributed by atoms with Crippen molar-refractivity contribution < 1.29 is 9.53 Å². The Hall–Kier alpha value is -1.55. The van der Waals surface area contributed by atoms with Gasteiger partial charge in [-0.3, -0.25) is 0 Å². The molecule has 4 fully saturated rings. The van der Waals surface area contributed by atoms with Crippen LogP contribution in [0.3, 0.4) is 0 Å². The molecule has 3 N–H and O–H groups in total. The van der Waals surface area contributed by atoms with Crippen LogP contribution in [0.4, 0.5) is 4.79 Å². The zero-order chi connectivity index (χ0) is 15.2. The van der Waals surface area contributed by atoms with E-state index in [0.717, 1.165) is 30.7 Å². The zero-order valence-electron chi connectivity index (χ0n) is 12.8. The number of amides is 1. The summed E-state index contributed by atoms with van der Waals surface area (Å²) in [6, 6.07) is 10.1.